The average molecular weight is 402 g/mol. The molecule has 0 atom stereocenters. The Morgan fingerprint density at radius 3 is 2.70 bits per heavy atom. The highest BCUT2D eigenvalue weighted by Crippen LogP contribution is 2.40. The minimum absolute atomic E-state index is 0.167. The summed E-state index contributed by atoms with van der Waals surface area (Å²) in [5.41, 5.74) is 8.98. The van der Waals surface area contributed by atoms with Crippen molar-refractivity contribution in [1.29, 1.82) is 0 Å². The van der Waals surface area contributed by atoms with Crippen LogP contribution >= 0.6 is 0 Å². The van der Waals surface area contributed by atoms with Crippen LogP contribution < -0.4 is 10.6 Å². The highest BCUT2D eigenvalue weighted by molar-refractivity contribution is 5.94. The molecule has 2 fully saturated rings. The van der Waals surface area contributed by atoms with Gasteiger partial charge in [-0.2, -0.15) is 4.98 Å². The van der Waals surface area contributed by atoms with Crippen molar-refractivity contribution in [3.63, 3.8) is 0 Å². The SMILES string of the molecule is NC(=O)Cc1cc2c(-c3noc(C4CC4)n3)nc(N3CCCC3)n2c2ccccc12. The third kappa shape index (κ3) is 2.74. The third-order valence-electron chi connectivity index (χ3n) is 6.03. The first-order valence-electron chi connectivity index (χ1n) is 10.5. The van der Waals surface area contributed by atoms with E-state index in [4.69, 9.17) is 15.2 Å². The van der Waals surface area contributed by atoms with Crippen molar-refractivity contribution in [2.24, 2.45) is 5.73 Å². The second-order valence-electron chi connectivity index (χ2n) is 8.24. The van der Waals surface area contributed by atoms with Gasteiger partial charge >= 0.3 is 0 Å². The van der Waals surface area contributed by atoms with Gasteiger partial charge in [-0.3, -0.25) is 9.20 Å². The maximum atomic E-state index is 11.8. The van der Waals surface area contributed by atoms with Crippen LogP contribution in [0.4, 0.5) is 5.95 Å². The summed E-state index contributed by atoms with van der Waals surface area (Å²) in [6.07, 6.45) is 4.65. The molecular weight excluding hydrogens is 380 g/mol. The number of para-hydroxylation sites is 1. The van der Waals surface area contributed by atoms with Crippen molar-refractivity contribution < 1.29 is 9.32 Å². The zero-order valence-electron chi connectivity index (χ0n) is 16.5. The number of aromatic nitrogens is 4. The van der Waals surface area contributed by atoms with Gasteiger partial charge in [0.2, 0.25) is 23.6 Å². The fraction of sp³-hybridized carbons (Fsp3) is 0.364. The molecule has 1 saturated carbocycles. The minimum Gasteiger partial charge on any atom is -0.369 e. The van der Waals surface area contributed by atoms with Crippen LogP contribution in [-0.2, 0) is 11.2 Å². The first-order valence-corrected chi connectivity index (χ1v) is 10.5. The summed E-state index contributed by atoms with van der Waals surface area (Å²) in [5.74, 6) is 2.09. The molecule has 4 aromatic rings. The molecule has 152 valence electrons. The molecule has 1 aliphatic heterocycles. The zero-order chi connectivity index (χ0) is 20.2. The van der Waals surface area contributed by atoms with Gasteiger partial charge in [0.05, 0.1) is 17.5 Å². The van der Waals surface area contributed by atoms with Crippen LogP contribution in [0.1, 0.15) is 43.1 Å². The lowest BCUT2D eigenvalue weighted by Gasteiger charge is -2.17. The van der Waals surface area contributed by atoms with Crippen molar-refractivity contribution in [3.8, 4) is 11.5 Å². The van der Waals surface area contributed by atoms with E-state index in [0.717, 1.165) is 66.7 Å². The molecule has 4 heterocycles. The van der Waals surface area contributed by atoms with Crippen molar-refractivity contribution in [2.45, 2.75) is 38.0 Å². The molecule has 1 amide bonds. The summed E-state index contributed by atoms with van der Waals surface area (Å²) in [4.78, 5) is 23.7. The van der Waals surface area contributed by atoms with Crippen LogP contribution in [0.3, 0.4) is 0 Å². The van der Waals surface area contributed by atoms with Gasteiger partial charge in [0.15, 0.2) is 0 Å². The minimum atomic E-state index is -0.360. The number of primary amides is 1. The summed E-state index contributed by atoms with van der Waals surface area (Å²) < 4.78 is 7.67. The monoisotopic (exact) mass is 402 g/mol. The number of nitrogens with two attached hydrogens (primary N) is 1. The Morgan fingerprint density at radius 2 is 1.93 bits per heavy atom. The van der Waals surface area contributed by atoms with Gasteiger partial charge in [-0.25, -0.2) is 4.98 Å². The van der Waals surface area contributed by atoms with E-state index in [-0.39, 0.29) is 12.3 Å². The first kappa shape index (κ1) is 17.4. The molecule has 3 aromatic heterocycles. The normalized spacial score (nSPS) is 16.7. The largest absolute Gasteiger partial charge is 0.369 e. The molecule has 0 radical (unpaired) electrons. The number of carbonyl (C=O) groups is 1. The van der Waals surface area contributed by atoms with Crippen LogP contribution in [0.25, 0.3) is 27.9 Å². The quantitative estimate of drug-likeness (QED) is 0.550. The van der Waals surface area contributed by atoms with Crippen LogP contribution in [0.15, 0.2) is 34.9 Å². The van der Waals surface area contributed by atoms with Gasteiger partial charge < -0.3 is 15.2 Å². The molecule has 8 heteroatoms. The Kier molecular flexibility index (Phi) is 3.81. The Labute approximate surface area is 172 Å². The van der Waals surface area contributed by atoms with E-state index in [1.165, 1.54) is 0 Å². The molecule has 30 heavy (non-hydrogen) atoms. The number of fused-ring (bicyclic) bond motifs is 3. The van der Waals surface area contributed by atoms with Crippen molar-refractivity contribution >= 4 is 28.3 Å². The predicted molar refractivity (Wildman–Crippen MR) is 112 cm³/mol. The van der Waals surface area contributed by atoms with Gasteiger partial charge in [-0.1, -0.05) is 23.4 Å². The highest BCUT2D eigenvalue weighted by atomic mass is 16.5. The fourth-order valence-corrected chi connectivity index (χ4v) is 4.43. The first-order chi connectivity index (χ1) is 14.7. The second kappa shape index (κ2) is 6.55. The van der Waals surface area contributed by atoms with E-state index in [2.05, 4.69) is 25.5 Å². The Hall–Kier alpha value is -3.42. The fourth-order valence-electron chi connectivity index (χ4n) is 4.43. The lowest BCUT2D eigenvalue weighted by molar-refractivity contribution is -0.117. The summed E-state index contributed by atoms with van der Waals surface area (Å²) in [6.45, 7) is 1.94. The number of rotatable bonds is 5. The molecule has 1 saturated heterocycles. The Morgan fingerprint density at radius 1 is 1.13 bits per heavy atom. The lowest BCUT2D eigenvalue weighted by Crippen LogP contribution is -2.20. The number of imidazole rings is 1. The predicted octanol–water partition coefficient (Wildman–Crippen LogP) is 3.04. The van der Waals surface area contributed by atoms with Gasteiger partial charge in [-0.15, -0.1) is 0 Å². The Balaban J connectivity index is 1.64. The van der Waals surface area contributed by atoms with Crippen molar-refractivity contribution in [2.75, 3.05) is 18.0 Å². The number of nitrogens with zero attached hydrogens (tertiary/aromatic N) is 5. The molecule has 8 nitrogen and oxygen atoms in total. The highest BCUT2D eigenvalue weighted by Gasteiger charge is 2.31. The van der Waals surface area contributed by atoms with Gasteiger partial charge in [-0.05, 0) is 43.4 Å². The number of carbonyl (C=O) groups excluding carboxylic acids is 1. The number of amides is 1. The smallest absolute Gasteiger partial charge is 0.230 e. The van der Waals surface area contributed by atoms with Crippen LogP contribution in [0.2, 0.25) is 0 Å². The molecule has 1 aromatic carbocycles. The lowest BCUT2D eigenvalue weighted by atomic mass is 10.0. The maximum Gasteiger partial charge on any atom is 0.230 e. The zero-order valence-corrected chi connectivity index (χ0v) is 16.5. The molecule has 2 N–H and O–H groups in total. The summed E-state index contributed by atoms with van der Waals surface area (Å²) in [7, 11) is 0. The van der Waals surface area contributed by atoms with E-state index in [9.17, 15) is 4.79 Å². The molecular formula is C22H22N6O2. The topological polar surface area (TPSA) is 103 Å². The standard InChI is InChI=1S/C22H22N6O2/c23-18(29)12-14-11-17-19(20-25-21(30-26-20)13-7-8-13)24-22(27-9-3-4-10-27)28(17)16-6-2-1-5-15(14)16/h1-2,5-6,11,13H,3-4,7-10,12H2,(H2,23,29). The summed E-state index contributed by atoms with van der Waals surface area (Å²) >= 11 is 0. The van der Waals surface area contributed by atoms with Crippen LogP contribution in [0, 0.1) is 0 Å². The Bertz CT molecular complexity index is 1280. The van der Waals surface area contributed by atoms with E-state index in [0.29, 0.717) is 23.3 Å². The van der Waals surface area contributed by atoms with E-state index >= 15 is 0 Å². The number of benzene rings is 1. The van der Waals surface area contributed by atoms with Crippen LogP contribution in [0.5, 0.6) is 0 Å². The molecule has 1 aliphatic carbocycles. The second-order valence-corrected chi connectivity index (χ2v) is 8.24. The van der Waals surface area contributed by atoms with E-state index < -0.39 is 0 Å². The van der Waals surface area contributed by atoms with Gasteiger partial charge in [0, 0.05) is 24.4 Å². The molecule has 0 bridgehead atoms. The maximum absolute atomic E-state index is 11.8. The van der Waals surface area contributed by atoms with Crippen LogP contribution in [-0.4, -0.2) is 38.5 Å². The number of anilines is 1. The van der Waals surface area contributed by atoms with E-state index in [1.54, 1.807) is 0 Å². The molecule has 2 aliphatic rings. The molecule has 6 rings (SSSR count). The number of pyridine rings is 1. The van der Waals surface area contributed by atoms with Crippen molar-refractivity contribution in [3.05, 3.63) is 41.8 Å². The van der Waals surface area contributed by atoms with Gasteiger partial charge in [0.25, 0.3) is 0 Å². The van der Waals surface area contributed by atoms with Gasteiger partial charge in [0.1, 0.15) is 5.69 Å². The van der Waals surface area contributed by atoms with Crippen molar-refractivity contribution in [1.82, 2.24) is 19.5 Å². The summed E-state index contributed by atoms with van der Waals surface area (Å²) in [5, 5.41) is 5.24. The number of hydrogen-bond donors (Lipinski definition) is 1. The molecule has 0 spiro atoms. The summed E-state index contributed by atoms with van der Waals surface area (Å²) in [6, 6.07) is 10.1. The average Bonchev–Trinajstić information content (AvgIpc) is 3.15. The molecule has 0 unspecified atom stereocenters. The van der Waals surface area contributed by atoms with E-state index in [1.807, 2.05) is 24.3 Å². The third-order valence-corrected chi connectivity index (χ3v) is 6.03. The number of hydrogen-bond acceptors (Lipinski definition) is 6.